The van der Waals surface area contributed by atoms with Gasteiger partial charge in [-0.2, -0.15) is 4.31 Å². The van der Waals surface area contributed by atoms with E-state index in [2.05, 4.69) is 0 Å². The number of sulfonamides is 1. The standard InChI is InChI=1S/C14H19NO5S/c16-13(14(17)18)9-12-7-4-8-15(12)21(19,20)10-11-5-2-1-3-6-11/h1-3,5-6,12-13,16H,4,7-10H2,(H,17,18). The molecule has 1 saturated heterocycles. The Hall–Kier alpha value is -1.44. The molecule has 0 amide bonds. The Morgan fingerprint density at radius 3 is 2.62 bits per heavy atom. The van der Waals surface area contributed by atoms with E-state index in [4.69, 9.17) is 5.11 Å². The average Bonchev–Trinajstić information content (AvgIpc) is 2.88. The zero-order valence-electron chi connectivity index (χ0n) is 11.6. The Bertz CT molecular complexity index is 587. The van der Waals surface area contributed by atoms with Gasteiger partial charge in [0.2, 0.25) is 10.0 Å². The molecule has 1 aliphatic rings. The van der Waals surface area contributed by atoms with Gasteiger partial charge in [-0.3, -0.25) is 0 Å². The lowest BCUT2D eigenvalue weighted by atomic mass is 10.1. The summed E-state index contributed by atoms with van der Waals surface area (Å²) in [6, 6.07) is 8.42. The molecule has 1 heterocycles. The normalized spacial score (nSPS) is 21.3. The zero-order valence-corrected chi connectivity index (χ0v) is 12.4. The molecule has 6 nitrogen and oxygen atoms in total. The minimum Gasteiger partial charge on any atom is -0.479 e. The largest absolute Gasteiger partial charge is 0.479 e. The van der Waals surface area contributed by atoms with Gasteiger partial charge in [0, 0.05) is 19.0 Å². The highest BCUT2D eigenvalue weighted by molar-refractivity contribution is 7.88. The minimum atomic E-state index is -3.50. The van der Waals surface area contributed by atoms with Crippen LogP contribution in [0.1, 0.15) is 24.8 Å². The van der Waals surface area contributed by atoms with Crippen molar-refractivity contribution in [1.29, 1.82) is 0 Å². The molecule has 1 aromatic carbocycles. The Labute approximate surface area is 124 Å². The number of aliphatic hydroxyl groups excluding tert-OH is 1. The predicted octanol–water partition coefficient (Wildman–Crippen LogP) is 0.816. The van der Waals surface area contributed by atoms with Gasteiger partial charge in [-0.15, -0.1) is 0 Å². The molecule has 116 valence electrons. The van der Waals surface area contributed by atoms with Crippen molar-refractivity contribution < 1.29 is 23.4 Å². The Morgan fingerprint density at radius 1 is 1.33 bits per heavy atom. The quantitative estimate of drug-likeness (QED) is 0.810. The van der Waals surface area contributed by atoms with Crippen molar-refractivity contribution in [3.05, 3.63) is 35.9 Å². The molecule has 2 unspecified atom stereocenters. The summed E-state index contributed by atoms with van der Waals surface area (Å²) in [5.74, 6) is -1.42. The molecule has 0 bridgehead atoms. The molecule has 0 saturated carbocycles. The second kappa shape index (κ2) is 6.55. The first-order valence-corrected chi connectivity index (χ1v) is 8.45. The highest BCUT2D eigenvalue weighted by atomic mass is 32.2. The molecular formula is C14H19NO5S. The average molecular weight is 313 g/mol. The van der Waals surface area contributed by atoms with Gasteiger partial charge in [-0.05, 0) is 18.4 Å². The van der Waals surface area contributed by atoms with Crippen LogP contribution in [0.2, 0.25) is 0 Å². The van der Waals surface area contributed by atoms with Crippen LogP contribution in [0.15, 0.2) is 30.3 Å². The van der Waals surface area contributed by atoms with Crippen molar-refractivity contribution in [2.24, 2.45) is 0 Å². The molecule has 0 aliphatic carbocycles. The lowest BCUT2D eigenvalue weighted by Gasteiger charge is -2.25. The SMILES string of the molecule is O=C(O)C(O)CC1CCCN1S(=O)(=O)Cc1ccccc1. The van der Waals surface area contributed by atoms with Crippen molar-refractivity contribution in [3.63, 3.8) is 0 Å². The molecule has 0 aromatic heterocycles. The van der Waals surface area contributed by atoms with Gasteiger partial charge in [0.1, 0.15) is 0 Å². The molecule has 1 aromatic rings. The summed E-state index contributed by atoms with van der Waals surface area (Å²) in [7, 11) is -3.50. The van der Waals surface area contributed by atoms with E-state index in [9.17, 15) is 18.3 Å². The van der Waals surface area contributed by atoms with E-state index < -0.39 is 28.1 Å². The molecule has 7 heteroatoms. The van der Waals surface area contributed by atoms with Crippen LogP contribution in [0.4, 0.5) is 0 Å². The Morgan fingerprint density at radius 2 is 2.00 bits per heavy atom. The number of carbonyl (C=O) groups is 1. The van der Waals surface area contributed by atoms with Gasteiger partial charge in [-0.1, -0.05) is 30.3 Å². The van der Waals surface area contributed by atoms with Crippen LogP contribution < -0.4 is 0 Å². The number of carboxylic acid groups (broad SMARTS) is 1. The van der Waals surface area contributed by atoms with E-state index in [1.54, 1.807) is 24.3 Å². The van der Waals surface area contributed by atoms with Crippen molar-refractivity contribution in [2.75, 3.05) is 6.54 Å². The van der Waals surface area contributed by atoms with Gasteiger partial charge in [0.15, 0.2) is 6.10 Å². The molecule has 1 fully saturated rings. The first kappa shape index (κ1) is 15.9. The first-order chi connectivity index (χ1) is 9.90. The summed E-state index contributed by atoms with van der Waals surface area (Å²) in [6.45, 7) is 0.381. The van der Waals surface area contributed by atoms with Gasteiger partial charge in [0.25, 0.3) is 0 Å². The molecular weight excluding hydrogens is 294 g/mol. The summed E-state index contributed by atoms with van der Waals surface area (Å²) >= 11 is 0. The number of benzene rings is 1. The monoisotopic (exact) mass is 313 g/mol. The Balaban J connectivity index is 2.09. The first-order valence-electron chi connectivity index (χ1n) is 6.84. The van der Waals surface area contributed by atoms with Crippen molar-refractivity contribution in [3.8, 4) is 0 Å². The van der Waals surface area contributed by atoms with Crippen molar-refractivity contribution in [1.82, 2.24) is 4.31 Å². The predicted molar refractivity (Wildman–Crippen MR) is 77.1 cm³/mol. The highest BCUT2D eigenvalue weighted by Gasteiger charge is 2.36. The summed E-state index contributed by atoms with van der Waals surface area (Å²) in [5, 5.41) is 18.2. The number of rotatable bonds is 6. The fourth-order valence-corrected chi connectivity index (χ4v) is 4.47. The third-order valence-electron chi connectivity index (χ3n) is 3.65. The number of hydrogen-bond acceptors (Lipinski definition) is 4. The van der Waals surface area contributed by atoms with Crippen LogP contribution in [0.25, 0.3) is 0 Å². The van der Waals surface area contributed by atoms with E-state index in [0.717, 1.165) is 0 Å². The van der Waals surface area contributed by atoms with E-state index in [1.807, 2.05) is 6.07 Å². The minimum absolute atomic E-state index is 0.0661. The summed E-state index contributed by atoms with van der Waals surface area (Å²) < 4.78 is 26.3. The molecule has 21 heavy (non-hydrogen) atoms. The second-order valence-electron chi connectivity index (χ2n) is 5.24. The van der Waals surface area contributed by atoms with Crippen LogP contribution in [0.5, 0.6) is 0 Å². The fourth-order valence-electron chi connectivity index (χ4n) is 2.64. The summed E-state index contributed by atoms with van der Waals surface area (Å²) in [6.07, 6.45) is -0.324. The van der Waals surface area contributed by atoms with Crippen LogP contribution in [-0.2, 0) is 20.6 Å². The van der Waals surface area contributed by atoms with Crippen molar-refractivity contribution >= 4 is 16.0 Å². The maximum Gasteiger partial charge on any atom is 0.332 e. The molecule has 2 atom stereocenters. The lowest BCUT2D eigenvalue weighted by molar-refractivity contribution is -0.147. The van der Waals surface area contributed by atoms with Gasteiger partial charge in [-0.25, -0.2) is 13.2 Å². The number of aliphatic carboxylic acids is 1. The summed E-state index contributed by atoms with van der Waals surface area (Å²) in [4.78, 5) is 10.7. The topological polar surface area (TPSA) is 94.9 Å². The lowest BCUT2D eigenvalue weighted by Crippen LogP contribution is -2.39. The Kier molecular flexibility index (Phi) is 4.97. The van der Waals surface area contributed by atoms with E-state index in [1.165, 1.54) is 4.31 Å². The van der Waals surface area contributed by atoms with Crippen LogP contribution in [0, 0.1) is 0 Å². The number of nitrogens with zero attached hydrogens (tertiary/aromatic N) is 1. The molecule has 1 aliphatic heterocycles. The number of aliphatic hydroxyl groups is 1. The fraction of sp³-hybridized carbons (Fsp3) is 0.500. The molecule has 2 N–H and O–H groups in total. The number of hydrogen-bond donors (Lipinski definition) is 2. The molecule has 0 spiro atoms. The van der Waals surface area contributed by atoms with Gasteiger partial charge in [0.05, 0.1) is 5.75 Å². The van der Waals surface area contributed by atoms with Gasteiger partial charge < -0.3 is 10.2 Å². The molecule has 0 radical (unpaired) electrons. The van der Waals surface area contributed by atoms with E-state index >= 15 is 0 Å². The van der Waals surface area contributed by atoms with Crippen LogP contribution in [-0.4, -0.2) is 47.6 Å². The third-order valence-corrected chi connectivity index (χ3v) is 5.55. The third kappa shape index (κ3) is 4.03. The maximum atomic E-state index is 12.5. The van der Waals surface area contributed by atoms with Crippen LogP contribution >= 0.6 is 0 Å². The smallest absolute Gasteiger partial charge is 0.332 e. The van der Waals surface area contributed by atoms with Gasteiger partial charge >= 0.3 is 5.97 Å². The molecule has 2 rings (SSSR count). The van der Waals surface area contributed by atoms with E-state index in [-0.39, 0.29) is 12.2 Å². The number of carboxylic acids is 1. The highest BCUT2D eigenvalue weighted by Crippen LogP contribution is 2.26. The second-order valence-corrected chi connectivity index (χ2v) is 7.16. The van der Waals surface area contributed by atoms with E-state index in [0.29, 0.717) is 24.9 Å². The maximum absolute atomic E-state index is 12.5. The van der Waals surface area contributed by atoms with Crippen molar-refractivity contribution in [2.45, 2.75) is 37.2 Å². The van der Waals surface area contributed by atoms with Crippen LogP contribution in [0.3, 0.4) is 0 Å². The zero-order chi connectivity index (χ0) is 15.5. The summed E-state index contributed by atoms with van der Waals surface area (Å²) in [5.41, 5.74) is 0.696.